The summed E-state index contributed by atoms with van der Waals surface area (Å²) >= 11 is 0. The third-order valence-corrected chi connectivity index (χ3v) is 3.06. The maximum absolute atomic E-state index is 5.74. The van der Waals surface area contributed by atoms with Gasteiger partial charge in [-0.2, -0.15) is 0 Å². The fourth-order valence-corrected chi connectivity index (χ4v) is 2.34. The standard InChI is InChI=1S/C12H18N2O/c1-14-8-9(7-13)6-10-4-3-5-11(15-2)12(10)14/h3-5,9H,6-8,13H2,1-2H3/t9-/m0/s1. The highest BCUT2D eigenvalue weighted by molar-refractivity contribution is 5.65. The van der Waals surface area contributed by atoms with Crippen LogP contribution in [0.4, 0.5) is 5.69 Å². The van der Waals surface area contributed by atoms with Crippen molar-refractivity contribution in [1.82, 2.24) is 0 Å². The van der Waals surface area contributed by atoms with Gasteiger partial charge in [0, 0.05) is 13.6 Å². The van der Waals surface area contributed by atoms with Crippen molar-refractivity contribution in [3.8, 4) is 5.75 Å². The minimum absolute atomic E-state index is 0.564. The van der Waals surface area contributed by atoms with E-state index < -0.39 is 0 Å². The summed E-state index contributed by atoms with van der Waals surface area (Å²) in [4.78, 5) is 2.25. The van der Waals surface area contributed by atoms with Gasteiger partial charge in [-0.25, -0.2) is 0 Å². The minimum atomic E-state index is 0.564. The second-order valence-corrected chi connectivity index (χ2v) is 4.15. The summed E-state index contributed by atoms with van der Waals surface area (Å²) in [7, 11) is 3.82. The summed E-state index contributed by atoms with van der Waals surface area (Å²) in [5.74, 6) is 1.53. The van der Waals surface area contributed by atoms with Crippen molar-refractivity contribution >= 4 is 5.69 Å². The van der Waals surface area contributed by atoms with Crippen molar-refractivity contribution in [2.24, 2.45) is 11.7 Å². The Labute approximate surface area is 90.8 Å². The number of para-hydroxylation sites is 1. The van der Waals surface area contributed by atoms with E-state index in [1.165, 1.54) is 11.3 Å². The van der Waals surface area contributed by atoms with Crippen molar-refractivity contribution in [1.29, 1.82) is 0 Å². The first-order valence-corrected chi connectivity index (χ1v) is 5.33. The molecule has 0 aromatic heterocycles. The Kier molecular flexibility index (Phi) is 2.82. The Morgan fingerprint density at radius 3 is 3.00 bits per heavy atom. The van der Waals surface area contributed by atoms with Crippen LogP contribution in [0.5, 0.6) is 5.75 Å². The molecule has 1 aromatic rings. The van der Waals surface area contributed by atoms with Crippen LogP contribution in [0.2, 0.25) is 0 Å². The highest BCUT2D eigenvalue weighted by Gasteiger charge is 2.23. The van der Waals surface area contributed by atoms with Gasteiger partial charge in [0.2, 0.25) is 0 Å². The lowest BCUT2D eigenvalue weighted by molar-refractivity contribution is 0.409. The number of nitrogens with two attached hydrogens (primary N) is 1. The van der Waals surface area contributed by atoms with E-state index in [9.17, 15) is 0 Å². The van der Waals surface area contributed by atoms with Crippen LogP contribution in [0.25, 0.3) is 0 Å². The molecular formula is C12H18N2O. The molecule has 1 heterocycles. The van der Waals surface area contributed by atoms with Gasteiger partial charge < -0.3 is 15.4 Å². The molecule has 0 saturated heterocycles. The van der Waals surface area contributed by atoms with E-state index in [0.717, 1.165) is 25.3 Å². The number of rotatable bonds is 2. The number of hydrogen-bond donors (Lipinski definition) is 1. The van der Waals surface area contributed by atoms with Gasteiger partial charge in [0.1, 0.15) is 5.75 Å². The Morgan fingerprint density at radius 2 is 2.33 bits per heavy atom. The first kappa shape index (κ1) is 10.3. The van der Waals surface area contributed by atoms with Crippen molar-refractivity contribution < 1.29 is 4.74 Å². The van der Waals surface area contributed by atoms with Crippen LogP contribution in [0.1, 0.15) is 5.56 Å². The fourth-order valence-electron chi connectivity index (χ4n) is 2.34. The zero-order chi connectivity index (χ0) is 10.8. The highest BCUT2D eigenvalue weighted by atomic mass is 16.5. The molecule has 0 fully saturated rings. The smallest absolute Gasteiger partial charge is 0.142 e. The normalized spacial score (nSPS) is 19.9. The maximum Gasteiger partial charge on any atom is 0.142 e. The second kappa shape index (κ2) is 4.11. The van der Waals surface area contributed by atoms with Crippen LogP contribution >= 0.6 is 0 Å². The predicted octanol–water partition coefficient (Wildman–Crippen LogP) is 1.26. The topological polar surface area (TPSA) is 38.5 Å². The van der Waals surface area contributed by atoms with E-state index in [4.69, 9.17) is 10.5 Å². The molecule has 1 atom stereocenters. The molecular weight excluding hydrogens is 188 g/mol. The number of methoxy groups -OCH3 is 1. The quantitative estimate of drug-likeness (QED) is 0.791. The Morgan fingerprint density at radius 1 is 1.53 bits per heavy atom. The Balaban J connectivity index is 2.40. The van der Waals surface area contributed by atoms with Gasteiger partial charge in [-0.3, -0.25) is 0 Å². The number of ether oxygens (including phenoxy) is 1. The molecule has 0 bridgehead atoms. The van der Waals surface area contributed by atoms with E-state index in [0.29, 0.717) is 5.92 Å². The number of hydrogen-bond acceptors (Lipinski definition) is 3. The van der Waals surface area contributed by atoms with Crippen LogP contribution in [0.15, 0.2) is 18.2 Å². The van der Waals surface area contributed by atoms with Gasteiger partial charge >= 0.3 is 0 Å². The third kappa shape index (κ3) is 1.79. The van der Waals surface area contributed by atoms with Crippen molar-refractivity contribution in [2.75, 3.05) is 32.1 Å². The molecule has 0 spiro atoms. The average Bonchev–Trinajstić information content (AvgIpc) is 2.27. The lowest BCUT2D eigenvalue weighted by atomic mass is 9.92. The first-order valence-electron chi connectivity index (χ1n) is 5.33. The van der Waals surface area contributed by atoms with Crippen molar-refractivity contribution in [3.05, 3.63) is 23.8 Å². The lowest BCUT2D eigenvalue weighted by Gasteiger charge is -2.33. The Bertz CT molecular complexity index is 351. The van der Waals surface area contributed by atoms with E-state index in [1.807, 2.05) is 12.1 Å². The summed E-state index contributed by atoms with van der Waals surface area (Å²) in [5.41, 5.74) is 8.31. The molecule has 15 heavy (non-hydrogen) atoms. The van der Waals surface area contributed by atoms with Crippen LogP contribution in [0.3, 0.4) is 0 Å². The molecule has 1 aliphatic heterocycles. The summed E-state index contributed by atoms with van der Waals surface area (Å²) < 4.78 is 5.38. The largest absolute Gasteiger partial charge is 0.495 e. The van der Waals surface area contributed by atoms with E-state index in [-0.39, 0.29) is 0 Å². The molecule has 2 N–H and O–H groups in total. The van der Waals surface area contributed by atoms with Gasteiger partial charge in [-0.1, -0.05) is 12.1 Å². The average molecular weight is 206 g/mol. The van der Waals surface area contributed by atoms with E-state index >= 15 is 0 Å². The number of fused-ring (bicyclic) bond motifs is 1. The van der Waals surface area contributed by atoms with Crippen LogP contribution in [0, 0.1) is 5.92 Å². The molecule has 0 aliphatic carbocycles. The Hall–Kier alpha value is -1.22. The number of benzene rings is 1. The van der Waals surface area contributed by atoms with E-state index in [1.54, 1.807) is 7.11 Å². The van der Waals surface area contributed by atoms with Gasteiger partial charge in [0.15, 0.2) is 0 Å². The van der Waals surface area contributed by atoms with Crippen LogP contribution in [-0.2, 0) is 6.42 Å². The first-order chi connectivity index (χ1) is 7.26. The monoisotopic (exact) mass is 206 g/mol. The zero-order valence-electron chi connectivity index (χ0n) is 9.36. The maximum atomic E-state index is 5.74. The summed E-state index contributed by atoms with van der Waals surface area (Å²) in [5, 5.41) is 0. The predicted molar refractivity (Wildman–Crippen MR) is 62.5 cm³/mol. The molecule has 0 radical (unpaired) electrons. The summed E-state index contributed by atoms with van der Waals surface area (Å²) in [6.07, 6.45) is 1.06. The molecule has 3 nitrogen and oxygen atoms in total. The van der Waals surface area contributed by atoms with Gasteiger partial charge in [0.05, 0.1) is 12.8 Å². The third-order valence-electron chi connectivity index (χ3n) is 3.06. The molecule has 0 unspecified atom stereocenters. The fraction of sp³-hybridized carbons (Fsp3) is 0.500. The number of nitrogens with zero attached hydrogens (tertiary/aromatic N) is 1. The highest BCUT2D eigenvalue weighted by Crippen LogP contribution is 2.36. The van der Waals surface area contributed by atoms with Gasteiger partial charge in [-0.15, -0.1) is 0 Å². The summed E-state index contributed by atoms with van der Waals surface area (Å²) in [6.45, 7) is 1.77. The lowest BCUT2D eigenvalue weighted by Crippen LogP contribution is -2.36. The number of anilines is 1. The molecule has 0 amide bonds. The molecule has 82 valence electrons. The molecule has 3 heteroatoms. The van der Waals surface area contributed by atoms with Gasteiger partial charge in [0.25, 0.3) is 0 Å². The molecule has 2 rings (SSSR count). The second-order valence-electron chi connectivity index (χ2n) is 4.15. The molecule has 0 saturated carbocycles. The van der Waals surface area contributed by atoms with Crippen LogP contribution in [-0.4, -0.2) is 27.2 Å². The van der Waals surface area contributed by atoms with E-state index in [2.05, 4.69) is 18.0 Å². The zero-order valence-corrected chi connectivity index (χ0v) is 9.36. The van der Waals surface area contributed by atoms with Crippen molar-refractivity contribution in [3.63, 3.8) is 0 Å². The van der Waals surface area contributed by atoms with Crippen molar-refractivity contribution in [2.45, 2.75) is 6.42 Å². The minimum Gasteiger partial charge on any atom is -0.495 e. The SMILES string of the molecule is COc1cccc2c1N(C)C[C@H](CN)C2. The molecule has 1 aliphatic rings. The van der Waals surface area contributed by atoms with Crippen LogP contribution < -0.4 is 15.4 Å². The molecule has 1 aromatic carbocycles. The van der Waals surface area contributed by atoms with Gasteiger partial charge in [-0.05, 0) is 30.5 Å². The summed E-state index contributed by atoms with van der Waals surface area (Å²) in [6, 6.07) is 6.22.